The van der Waals surface area contributed by atoms with Crippen molar-refractivity contribution in [2.75, 3.05) is 26.2 Å². The number of hydrogen-bond donors (Lipinski definition) is 0. The Morgan fingerprint density at radius 2 is 1.83 bits per heavy atom. The molecule has 2 rings (SSSR count). The molecule has 0 aromatic carbocycles. The number of unbranched alkanes of at least 4 members (excludes halogenated alkanes) is 2. The molecule has 1 fully saturated rings. The standard InChI is InChI=1S/C17H26N4O2/c1-3-5-9-20(10-6-4-2)16(22)14-12-21(13-14)17(23)15-11-18-7-8-19-15/h7-8,11,14H,3-6,9-10,12-13H2,1-2H3. The van der Waals surface area contributed by atoms with Crippen LogP contribution in [0.1, 0.15) is 50.0 Å². The Morgan fingerprint density at radius 3 is 2.35 bits per heavy atom. The van der Waals surface area contributed by atoms with Crippen LogP contribution in [0.3, 0.4) is 0 Å². The van der Waals surface area contributed by atoms with Gasteiger partial charge in [0.15, 0.2) is 0 Å². The van der Waals surface area contributed by atoms with Gasteiger partial charge in [0.05, 0.1) is 12.1 Å². The SMILES string of the molecule is CCCCN(CCCC)C(=O)C1CN(C(=O)c2cnccn2)C1. The molecule has 1 aliphatic rings. The number of hydrogen-bond acceptors (Lipinski definition) is 4. The van der Waals surface area contributed by atoms with Crippen molar-refractivity contribution in [3.8, 4) is 0 Å². The molecule has 0 aliphatic carbocycles. The van der Waals surface area contributed by atoms with E-state index in [1.165, 1.54) is 12.4 Å². The van der Waals surface area contributed by atoms with Crippen LogP contribution in [0.15, 0.2) is 18.6 Å². The largest absolute Gasteiger partial charge is 0.342 e. The Kier molecular flexibility index (Phi) is 6.50. The number of carbonyl (C=O) groups excluding carboxylic acids is 2. The Labute approximate surface area is 137 Å². The van der Waals surface area contributed by atoms with Crippen molar-refractivity contribution in [2.45, 2.75) is 39.5 Å². The highest BCUT2D eigenvalue weighted by Gasteiger charge is 2.38. The first-order valence-electron chi connectivity index (χ1n) is 8.51. The number of rotatable bonds is 8. The summed E-state index contributed by atoms with van der Waals surface area (Å²) in [7, 11) is 0. The zero-order valence-electron chi connectivity index (χ0n) is 14.1. The van der Waals surface area contributed by atoms with Gasteiger partial charge in [-0.3, -0.25) is 14.6 Å². The lowest BCUT2D eigenvalue weighted by Gasteiger charge is -2.40. The number of nitrogens with zero attached hydrogens (tertiary/aromatic N) is 4. The van der Waals surface area contributed by atoms with Gasteiger partial charge in [-0.2, -0.15) is 0 Å². The van der Waals surface area contributed by atoms with E-state index in [0.29, 0.717) is 18.8 Å². The van der Waals surface area contributed by atoms with Crippen molar-refractivity contribution in [2.24, 2.45) is 5.92 Å². The van der Waals surface area contributed by atoms with Gasteiger partial charge in [-0.05, 0) is 12.8 Å². The van der Waals surface area contributed by atoms with Gasteiger partial charge in [0.2, 0.25) is 5.91 Å². The molecule has 0 spiro atoms. The van der Waals surface area contributed by atoms with Gasteiger partial charge >= 0.3 is 0 Å². The van der Waals surface area contributed by atoms with E-state index in [9.17, 15) is 9.59 Å². The molecule has 0 saturated carbocycles. The van der Waals surface area contributed by atoms with E-state index in [1.54, 1.807) is 11.1 Å². The van der Waals surface area contributed by atoms with Crippen molar-refractivity contribution < 1.29 is 9.59 Å². The third-order valence-corrected chi connectivity index (χ3v) is 4.18. The number of aromatic nitrogens is 2. The van der Waals surface area contributed by atoms with Crippen molar-refractivity contribution in [1.82, 2.24) is 19.8 Å². The Morgan fingerprint density at radius 1 is 1.17 bits per heavy atom. The molecule has 2 amide bonds. The predicted octanol–water partition coefficient (Wildman–Crippen LogP) is 1.98. The average molecular weight is 318 g/mol. The molecule has 0 bridgehead atoms. The maximum Gasteiger partial charge on any atom is 0.274 e. The molecule has 1 aromatic rings. The minimum Gasteiger partial charge on any atom is -0.342 e. The zero-order chi connectivity index (χ0) is 16.7. The summed E-state index contributed by atoms with van der Waals surface area (Å²) < 4.78 is 0. The van der Waals surface area contributed by atoms with Crippen LogP contribution in [0.2, 0.25) is 0 Å². The summed E-state index contributed by atoms with van der Waals surface area (Å²) in [5.41, 5.74) is 0.340. The van der Waals surface area contributed by atoms with Crippen LogP contribution in [0.5, 0.6) is 0 Å². The van der Waals surface area contributed by atoms with E-state index in [4.69, 9.17) is 0 Å². The summed E-state index contributed by atoms with van der Waals surface area (Å²) in [5.74, 6) is -0.0183. The molecule has 1 aliphatic heterocycles. The van der Waals surface area contributed by atoms with E-state index in [1.807, 2.05) is 4.90 Å². The molecule has 2 heterocycles. The molecule has 1 saturated heterocycles. The molecule has 0 N–H and O–H groups in total. The van der Waals surface area contributed by atoms with Crippen LogP contribution in [0, 0.1) is 5.92 Å². The molecule has 0 atom stereocenters. The fourth-order valence-corrected chi connectivity index (χ4v) is 2.66. The van der Waals surface area contributed by atoms with Gasteiger partial charge in [-0.25, -0.2) is 4.98 Å². The van der Waals surface area contributed by atoms with Gasteiger partial charge in [-0.1, -0.05) is 26.7 Å². The van der Waals surface area contributed by atoms with E-state index in [0.717, 1.165) is 38.8 Å². The Hall–Kier alpha value is -1.98. The molecule has 126 valence electrons. The van der Waals surface area contributed by atoms with Gasteiger partial charge in [0.25, 0.3) is 5.91 Å². The predicted molar refractivity (Wildman–Crippen MR) is 87.8 cm³/mol. The second-order valence-corrected chi connectivity index (χ2v) is 6.03. The maximum atomic E-state index is 12.6. The fraction of sp³-hybridized carbons (Fsp3) is 0.647. The van der Waals surface area contributed by atoms with Crippen LogP contribution >= 0.6 is 0 Å². The van der Waals surface area contributed by atoms with Gasteiger partial charge in [0.1, 0.15) is 5.69 Å². The molecule has 6 heteroatoms. The smallest absolute Gasteiger partial charge is 0.274 e. The van der Waals surface area contributed by atoms with Crippen molar-refractivity contribution in [3.05, 3.63) is 24.3 Å². The highest BCUT2D eigenvalue weighted by atomic mass is 16.2. The van der Waals surface area contributed by atoms with E-state index in [2.05, 4.69) is 23.8 Å². The van der Waals surface area contributed by atoms with E-state index in [-0.39, 0.29) is 17.7 Å². The van der Waals surface area contributed by atoms with Gasteiger partial charge < -0.3 is 9.80 Å². The minimum atomic E-state index is -0.143. The minimum absolute atomic E-state index is 0.0654. The van der Waals surface area contributed by atoms with Crippen LogP contribution in [-0.2, 0) is 4.79 Å². The monoisotopic (exact) mass is 318 g/mol. The lowest BCUT2D eigenvalue weighted by atomic mass is 9.97. The highest BCUT2D eigenvalue weighted by molar-refractivity contribution is 5.94. The van der Waals surface area contributed by atoms with Crippen LogP contribution < -0.4 is 0 Å². The molecule has 6 nitrogen and oxygen atoms in total. The second-order valence-electron chi connectivity index (χ2n) is 6.03. The summed E-state index contributed by atoms with van der Waals surface area (Å²) in [6, 6.07) is 0. The second kappa shape index (κ2) is 8.60. The Balaban J connectivity index is 1.86. The van der Waals surface area contributed by atoms with E-state index >= 15 is 0 Å². The quantitative estimate of drug-likeness (QED) is 0.735. The van der Waals surface area contributed by atoms with Crippen LogP contribution in [-0.4, -0.2) is 57.8 Å². The topological polar surface area (TPSA) is 66.4 Å². The molecular weight excluding hydrogens is 292 g/mol. The summed E-state index contributed by atoms with van der Waals surface area (Å²) in [6.45, 7) is 6.89. The molecular formula is C17H26N4O2. The molecule has 0 unspecified atom stereocenters. The first-order chi connectivity index (χ1) is 11.2. The average Bonchev–Trinajstić information content (AvgIpc) is 2.54. The van der Waals surface area contributed by atoms with Gasteiger partial charge in [-0.15, -0.1) is 0 Å². The number of amides is 2. The summed E-state index contributed by atoms with van der Waals surface area (Å²) >= 11 is 0. The molecule has 1 aromatic heterocycles. The lowest BCUT2D eigenvalue weighted by molar-refractivity contribution is -0.140. The summed E-state index contributed by atoms with van der Waals surface area (Å²) in [5, 5.41) is 0. The normalized spacial score (nSPS) is 14.4. The number of carbonyl (C=O) groups is 2. The number of likely N-dealkylation sites (tertiary alicyclic amines) is 1. The summed E-state index contributed by atoms with van der Waals surface area (Å²) in [4.78, 5) is 36.4. The van der Waals surface area contributed by atoms with Crippen molar-refractivity contribution in [1.29, 1.82) is 0 Å². The summed E-state index contributed by atoms with van der Waals surface area (Å²) in [6.07, 6.45) is 8.74. The van der Waals surface area contributed by atoms with Crippen molar-refractivity contribution in [3.63, 3.8) is 0 Å². The highest BCUT2D eigenvalue weighted by Crippen LogP contribution is 2.20. The third kappa shape index (κ3) is 4.50. The van der Waals surface area contributed by atoms with Gasteiger partial charge in [0, 0.05) is 38.6 Å². The third-order valence-electron chi connectivity index (χ3n) is 4.18. The molecule has 0 radical (unpaired) electrons. The van der Waals surface area contributed by atoms with Crippen LogP contribution in [0.25, 0.3) is 0 Å². The lowest BCUT2D eigenvalue weighted by Crippen LogP contribution is -2.56. The maximum absolute atomic E-state index is 12.6. The van der Waals surface area contributed by atoms with Crippen LogP contribution in [0.4, 0.5) is 0 Å². The fourth-order valence-electron chi connectivity index (χ4n) is 2.66. The first kappa shape index (κ1) is 17.4. The Bertz CT molecular complexity index is 507. The van der Waals surface area contributed by atoms with E-state index < -0.39 is 0 Å². The van der Waals surface area contributed by atoms with Crippen molar-refractivity contribution >= 4 is 11.8 Å². The molecule has 23 heavy (non-hydrogen) atoms. The first-order valence-corrected chi connectivity index (χ1v) is 8.51. The zero-order valence-corrected chi connectivity index (χ0v) is 14.1.